The van der Waals surface area contributed by atoms with Crippen LogP contribution in [0.4, 0.5) is 20.3 Å². The molecular formula is C21H24F2N4O2. The highest BCUT2D eigenvalue weighted by atomic mass is 19.1. The van der Waals surface area contributed by atoms with E-state index in [1.165, 1.54) is 6.20 Å². The van der Waals surface area contributed by atoms with Crippen molar-refractivity contribution in [3.8, 4) is 0 Å². The molecule has 6 nitrogen and oxygen atoms in total. The summed E-state index contributed by atoms with van der Waals surface area (Å²) in [6.07, 6.45) is 2.35. The largest absolute Gasteiger partial charge is 0.355 e. The minimum atomic E-state index is -0.919. The van der Waals surface area contributed by atoms with Crippen LogP contribution in [0.2, 0.25) is 0 Å². The van der Waals surface area contributed by atoms with Crippen LogP contribution in [0, 0.1) is 17.6 Å². The maximum atomic E-state index is 13.7. The van der Waals surface area contributed by atoms with Crippen molar-refractivity contribution in [1.82, 2.24) is 9.88 Å². The van der Waals surface area contributed by atoms with Gasteiger partial charge in [-0.15, -0.1) is 0 Å². The van der Waals surface area contributed by atoms with Crippen LogP contribution < -0.4 is 10.2 Å². The molecule has 1 aromatic carbocycles. The van der Waals surface area contributed by atoms with Crippen LogP contribution in [0.1, 0.15) is 30.6 Å². The quantitative estimate of drug-likeness (QED) is 0.852. The molecule has 1 N–H and O–H groups in total. The third-order valence-electron chi connectivity index (χ3n) is 4.81. The van der Waals surface area contributed by atoms with Crippen molar-refractivity contribution in [2.24, 2.45) is 5.92 Å². The molecule has 0 saturated carbocycles. The van der Waals surface area contributed by atoms with E-state index in [0.717, 1.165) is 37.5 Å². The summed E-state index contributed by atoms with van der Waals surface area (Å²) in [7, 11) is 0. The fourth-order valence-corrected chi connectivity index (χ4v) is 3.25. The summed E-state index contributed by atoms with van der Waals surface area (Å²) in [6.45, 7) is 6.62. The fourth-order valence-electron chi connectivity index (χ4n) is 3.25. The SMILES string of the molecule is CC(C)C(=O)N1CCCN(c2ccc(NC(=O)c3ccc(F)cc3F)cn2)CC1. The number of hydrogen-bond acceptors (Lipinski definition) is 4. The van der Waals surface area contributed by atoms with Gasteiger partial charge in [-0.1, -0.05) is 13.8 Å². The van der Waals surface area contributed by atoms with Gasteiger partial charge < -0.3 is 15.1 Å². The number of halogens is 2. The second-order valence-electron chi connectivity index (χ2n) is 7.30. The van der Waals surface area contributed by atoms with Gasteiger partial charge in [0.05, 0.1) is 17.4 Å². The van der Waals surface area contributed by atoms with Gasteiger partial charge in [-0.25, -0.2) is 13.8 Å². The molecule has 0 unspecified atom stereocenters. The molecular weight excluding hydrogens is 378 g/mol. The molecule has 0 bridgehead atoms. The van der Waals surface area contributed by atoms with Crippen LogP contribution in [-0.2, 0) is 4.79 Å². The molecule has 2 aromatic rings. The molecule has 0 spiro atoms. The maximum absolute atomic E-state index is 13.7. The number of rotatable bonds is 4. The smallest absolute Gasteiger partial charge is 0.258 e. The van der Waals surface area contributed by atoms with Crippen LogP contribution in [0.3, 0.4) is 0 Å². The minimum Gasteiger partial charge on any atom is -0.355 e. The Morgan fingerprint density at radius 2 is 1.86 bits per heavy atom. The van der Waals surface area contributed by atoms with Gasteiger partial charge >= 0.3 is 0 Å². The van der Waals surface area contributed by atoms with Gasteiger partial charge in [-0.2, -0.15) is 0 Å². The van der Waals surface area contributed by atoms with E-state index in [4.69, 9.17) is 0 Å². The molecule has 1 saturated heterocycles. The average molecular weight is 402 g/mol. The molecule has 2 amide bonds. The number of hydrogen-bond donors (Lipinski definition) is 1. The summed E-state index contributed by atoms with van der Waals surface area (Å²) >= 11 is 0. The molecule has 0 atom stereocenters. The fraction of sp³-hybridized carbons (Fsp3) is 0.381. The van der Waals surface area contributed by atoms with Gasteiger partial charge in [-0.05, 0) is 30.7 Å². The number of anilines is 2. The summed E-state index contributed by atoms with van der Waals surface area (Å²) in [4.78, 5) is 32.8. The van der Waals surface area contributed by atoms with E-state index in [-0.39, 0.29) is 17.4 Å². The van der Waals surface area contributed by atoms with E-state index in [2.05, 4.69) is 15.2 Å². The lowest BCUT2D eigenvalue weighted by Crippen LogP contribution is -2.37. The van der Waals surface area contributed by atoms with E-state index in [9.17, 15) is 18.4 Å². The van der Waals surface area contributed by atoms with Crippen LogP contribution in [0.5, 0.6) is 0 Å². The van der Waals surface area contributed by atoms with Crippen molar-refractivity contribution in [2.75, 3.05) is 36.4 Å². The predicted molar refractivity (Wildman–Crippen MR) is 107 cm³/mol. The van der Waals surface area contributed by atoms with Crippen molar-refractivity contribution in [1.29, 1.82) is 0 Å². The van der Waals surface area contributed by atoms with Gasteiger partial charge in [0.2, 0.25) is 5.91 Å². The van der Waals surface area contributed by atoms with Gasteiger partial charge in [-0.3, -0.25) is 9.59 Å². The number of carbonyl (C=O) groups is 2. The van der Waals surface area contributed by atoms with E-state index >= 15 is 0 Å². The summed E-state index contributed by atoms with van der Waals surface area (Å²) in [5, 5.41) is 2.56. The zero-order chi connectivity index (χ0) is 21.0. The summed E-state index contributed by atoms with van der Waals surface area (Å²) in [6, 6.07) is 6.26. The number of pyridine rings is 1. The lowest BCUT2D eigenvalue weighted by molar-refractivity contribution is -0.134. The number of benzene rings is 1. The van der Waals surface area contributed by atoms with E-state index in [1.54, 1.807) is 12.1 Å². The van der Waals surface area contributed by atoms with Gasteiger partial charge in [0.15, 0.2) is 0 Å². The van der Waals surface area contributed by atoms with Gasteiger partial charge in [0, 0.05) is 38.2 Å². The first kappa shape index (κ1) is 20.7. The number of carbonyl (C=O) groups excluding carboxylic acids is 2. The first-order valence-corrected chi connectivity index (χ1v) is 9.61. The zero-order valence-electron chi connectivity index (χ0n) is 16.5. The zero-order valence-corrected chi connectivity index (χ0v) is 16.5. The number of nitrogens with zero attached hydrogens (tertiary/aromatic N) is 3. The highest BCUT2D eigenvalue weighted by Gasteiger charge is 2.21. The Morgan fingerprint density at radius 1 is 1.07 bits per heavy atom. The molecule has 154 valence electrons. The van der Waals surface area contributed by atoms with Gasteiger partial charge in [0.1, 0.15) is 17.5 Å². The molecule has 1 aliphatic rings. The monoisotopic (exact) mass is 402 g/mol. The van der Waals surface area contributed by atoms with E-state index in [1.807, 2.05) is 18.7 Å². The van der Waals surface area contributed by atoms with Crippen molar-refractivity contribution < 1.29 is 18.4 Å². The normalized spacial score (nSPS) is 14.7. The Bertz CT molecular complexity index is 887. The predicted octanol–water partition coefficient (Wildman–Crippen LogP) is 3.31. The first-order chi connectivity index (χ1) is 13.8. The first-order valence-electron chi connectivity index (χ1n) is 9.61. The Balaban J connectivity index is 1.62. The van der Waals surface area contributed by atoms with Crippen molar-refractivity contribution in [3.05, 3.63) is 53.7 Å². The minimum absolute atomic E-state index is 0.0199. The van der Waals surface area contributed by atoms with E-state index < -0.39 is 17.5 Å². The number of aromatic nitrogens is 1. The second kappa shape index (κ2) is 8.98. The molecule has 1 aliphatic heterocycles. The lowest BCUT2D eigenvalue weighted by Gasteiger charge is -2.24. The van der Waals surface area contributed by atoms with Crippen LogP contribution in [0.15, 0.2) is 36.5 Å². The molecule has 1 aromatic heterocycles. The molecule has 29 heavy (non-hydrogen) atoms. The number of amides is 2. The highest BCUT2D eigenvalue weighted by Crippen LogP contribution is 2.18. The summed E-state index contributed by atoms with van der Waals surface area (Å²) in [5.41, 5.74) is 0.173. The Kier molecular flexibility index (Phi) is 6.41. The molecule has 8 heteroatoms. The van der Waals surface area contributed by atoms with E-state index in [0.29, 0.717) is 24.8 Å². The Hall–Kier alpha value is -3.03. The van der Waals surface area contributed by atoms with Crippen molar-refractivity contribution in [2.45, 2.75) is 20.3 Å². The third-order valence-corrected chi connectivity index (χ3v) is 4.81. The second-order valence-corrected chi connectivity index (χ2v) is 7.30. The highest BCUT2D eigenvalue weighted by molar-refractivity contribution is 6.04. The Morgan fingerprint density at radius 3 is 2.52 bits per heavy atom. The van der Waals surface area contributed by atoms with Crippen LogP contribution >= 0.6 is 0 Å². The summed E-state index contributed by atoms with van der Waals surface area (Å²) < 4.78 is 26.7. The molecule has 0 aliphatic carbocycles. The lowest BCUT2D eigenvalue weighted by atomic mass is 10.2. The van der Waals surface area contributed by atoms with Crippen molar-refractivity contribution >= 4 is 23.3 Å². The third kappa shape index (κ3) is 5.07. The topological polar surface area (TPSA) is 65.5 Å². The maximum Gasteiger partial charge on any atom is 0.258 e. The average Bonchev–Trinajstić information content (AvgIpc) is 2.94. The van der Waals surface area contributed by atoms with Crippen molar-refractivity contribution in [3.63, 3.8) is 0 Å². The standard InChI is InChI=1S/C21H24F2N4O2/c1-14(2)21(29)27-9-3-8-26(10-11-27)19-7-5-16(13-24-19)25-20(28)17-6-4-15(22)12-18(17)23/h4-7,12-14H,3,8-11H2,1-2H3,(H,25,28). The van der Waals surface area contributed by atoms with Gasteiger partial charge in [0.25, 0.3) is 5.91 Å². The van der Waals surface area contributed by atoms with Crippen LogP contribution in [0.25, 0.3) is 0 Å². The molecule has 0 radical (unpaired) electrons. The molecule has 3 rings (SSSR count). The molecule has 2 heterocycles. The van der Waals surface area contributed by atoms with Crippen LogP contribution in [-0.4, -0.2) is 47.9 Å². The number of nitrogens with one attached hydrogen (secondary N) is 1. The molecule has 1 fully saturated rings. The summed E-state index contributed by atoms with van der Waals surface area (Å²) in [5.74, 6) is -1.45. The Labute approximate surface area is 168 Å².